The van der Waals surface area contributed by atoms with Crippen LogP contribution in [0.15, 0.2) is 50.3 Å². The Bertz CT molecular complexity index is 1080. The summed E-state index contributed by atoms with van der Waals surface area (Å²) in [4.78, 5) is 11.9. The molecule has 31 heavy (non-hydrogen) atoms. The van der Waals surface area contributed by atoms with E-state index in [0.717, 1.165) is 5.56 Å². The maximum atomic E-state index is 11.9. The minimum Gasteiger partial charge on any atom is -0.493 e. The van der Waals surface area contributed by atoms with Gasteiger partial charge in [0.2, 0.25) is 5.13 Å². The number of aromatic nitrogens is 2. The van der Waals surface area contributed by atoms with E-state index >= 15 is 0 Å². The minimum absolute atomic E-state index is 0.149. The molecule has 1 amide bonds. The molecule has 0 aliphatic rings. The highest BCUT2D eigenvalue weighted by atomic mass is 79.9. The van der Waals surface area contributed by atoms with E-state index in [1.54, 1.807) is 13.2 Å². The number of anilines is 1. The van der Waals surface area contributed by atoms with Gasteiger partial charge in [-0.3, -0.25) is 4.79 Å². The van der Waals surface area contributed by atoms with Gasteiger partial charge in [0.1, 0.15) is 6.61 Å². The average molecular weight is 543 g/mol. The summed E-state index contributed by atoms with van der Waals surface area (Å²) in [6.07, 6.45) is 1.52. The first-order valence-electron chi connectivity index (χ1n) is 8.73. The van der Waals surface area contributed by atoms with Crippen LogP contribution in [-0.4, -0.2) is 35.2 Å². The Kier molecular flexibility index (Phi) is 8.52. The third-order valence-corrected chi connectivity index (χ3v) is 6.43. The Morgan fingerprint density at radius 2 is 2.13 bits per heavy atom. The van der Waals surface area contributed by atoms with Crippen molar-refractivity contribution in [2.24, 2.45) is 5.10 Å². The van der Waals surface area contributed by atoms with Crippen molar-refractivity contribution >= 4 is 67.9 Å². The lowest BCUT2D eigenvalue weighted by atomic mass is 10.2. The van der Waals surface area contributed by atoms with Crippen LogP contribution < -0.4 is 20.6 Å². The molecule has 0 atom stereocenters. The van der Waals surface area contributed by atoms with E-state index < -0.39 is 0 Å². The van der Waals surface area contributed by atoms with E-state index in [-0.39, 0.29) is 11.7 Å². The maximum Gasteiger partial charge on any atom is 0.250 e. The largest absolute Gasteiger partial charge is 0.493 e. The third-order valence-electron chi connectivity index (χ3n) is 3.70. The van der Waals surface area contributed by atoms with E-state index in [1.165, 1.54) is 29.3 Å². The molecular weight excluding hydrogens is 526 g/mol. The second-order valence-corrected chi connectivity index (χ2v) is 9.46. The molecule has 0 aliphatic carbocycles. The van der Waals surface area contributed by atoms with Crippen LogP contribution in [0.5, 0.6) is 11.5 Å². The highest BCUT2D eigenvalue weighted by molar-refractivity contribution is 9.10. The predicted octanol–water partition coefficient (Wildman–Crippen LogP) is 4.37. The van der Waals surface area contributed by atoms with Crippen molar-refractivity contribution in [3.63, 3.8) is 0 Å². The molecule has 0 radical (unpaired) electrons. The van der Waals surface area contributed by atoms with Crippen molar-refractivity contribution in [2.45, 2.75) is 10.9 Å². The zero-order valence-electron chi connectivity index (χ0n) is 16.2. The quantitative estimate of drug-likeness (QED) is 0.235. The number of nitrogens with one attached hydrogen (secondary N) is 1. The van der Waals surface area contributed by atoms with Crippen LogP contribution >= 0.6 is 50.6 Å². The normalized spacial score (nSPS) is 10.9. The summed E-state index contributed by atoms with van der Waals surface area (Å²) < 4.78 is 12.7. The van der Waals surface area contributed by atoms with E-state index in [9.17, 15) is 4.79 Å². The number of hydrogen-bond acceptors (Lipinski definition) is 9. The molecule has 1 heterocycles. The van der Waals surface area contributed by atoms with E-state index in [4.69, 9.17) is 26.8 Å². The second-order valence-electron chi connectivity index (χ2n) is 5.94. The number of carbonyl (C=O) groups excluding carboxylic acids is 1. The summed E-state index contributed by atoms with van der Waals surface area (Å²) in [5.41, 5.74) is 9.67. The Balaban J connectivity index is 1.57. The van der Waals surface area contributed by atoms with Crippen LogP contribution in [-0.2, 0) is 11.4 Å². The monoisotopic (exact) mass is 541 g/mol. The molecule has 12 heteroatoms. The lowest BCUT2D eigenvalue weighted by Gasteiger charge is -2.13. The van der Waals surface area contributed by atoms with Crippen LogP contribution in [0.2, 0.25) is 5.02 Å². The number of halogens is 2. The number of ether oxygens (including phenoxy) is 2. The van der Waals surface area contributed by atoms with Gasteiger partial charge in [0.15, 0.2) is 15.8 Å². The topological polar surface area (TPSA) is 112 Å². The standard InChI is InChI=1S/C19H17BrClN5O3S2/c1-28-15-7-12(8-23-24-16(27)10-30-19-26-25-18(22)31-19)6-14(20)17(15)29-9-11-2-4-13(21)5-3-11/h2-8H,9-10H2,1H3,(H2,22,25)(H,24,27). The molecule has 0 aliphatic heterocycles. The Morgan fingerprint density at radius 3 is 2.81 bits per heavy atom. The number of nitrogens with zero attached hydrogens (tertiary/aromatic N) is 3. The van der Waals surface area contributed by atoms with E-state index in [0.29, 0.717) is 42.6 Å². The van der Waals surface area contributed by atoms with Crippen molar-refractivity contribution in [2.75, 3.05) is 18.6 Å². The Labute approximate surface area is 200 Å². The molecule has 3 aromatic rings. The van der Waals surface area contributed by atoms with E-state index in [1.807, 2.05) is 30.3 Å². The molecule has 0 unspecified atom stereocenters. The molecule has 8 nitrogen and oxygen atoms in total. The lowest BCUT2D eigenvalue weighted by molar-refractivity contribution is -0.118. The van der Waals surface area contributed by atoms with Crippen LogP contribution in [0, 0.1) is 0 Å². The number of amides is 1. The zero-order valence-corrected chi connectivity index (χ0v) is 20.1. The highest BCUT2D eigenvalue weighted by Gasteiger charge is 2.12. The number of nitrogen functional groups attached to an aromatic ring is 1. The fourth-order valence-corrected chi connectivity index (χ4v) is 4.44. The SMILES string of the molecule is COc1cc(C=NNC(=O)CSc2nnc(N)s2)cc(Br)c1OCc1ccc(Cl)cc1. The van der Waals surface area contributed by atoms with Crippen molar-refractivity contribution in [3.05, 3.63) is 57.0 Å². The summed E-state index contributed by atoms with van der Waals surface area (Å²) in [5.74, 6) is 0.965. The van der Waals surface area contributed by atoms with Crippen molar-refractivity contribution < 1.29 is 14.3 Å². The Morgan fingerprint density at radius 1 is 1.35 bits per heavy atom. The van der Waals surface area contributed by atoms with Crippen LogP contribution in [0.4, 0.5) is 5.13 Å². The van der Waals surface area contributed by atoms with Gasteiger partial charge in [-0.25, -0.2) is 5.43 Å². The van der Waals surface area contributed by atoms with Crippen LogP contribution in [0.25, 0.3) is 0 Å². The Hall–Kier alpha value is -2.34. The number of hydrazone groups is 1. The molecule has 1 aromatic heterocycles. The van der Waals surface area contributed by atoms with Gasteiger partial charge < -0.3 is 15.2 Å². The molecule has 0 saturated carbocycles. The summed E-state index contributed by atoms with van der Waals surface area (Å²) in [5, 5.41) is 12.5. The van der Waals surface area contributed by atoms with Gasteiger partial charge >= 0.3 is 0 Å². The van der Waals surface area contributed by atoms with Gasteiger partial charge in [-0.05, 0) is 51.3 Å². The third kappa shape index (κ3) is 7.10. The molecule has 2 aromatic carbocycles. The van der Waals surface area contributed by atoms with Gasteiger partial charge in [0.25, 0.3) is 5.91 Å². The smallest absolute Gasteiger partial charge is 0.250 e. The van der Waals surface area contributed by atoms with Gasteiger partial charge in [0.05, 0.1) is 23.5 Å². The molecule has 162 valence electrons. The number of nitrogens with two attached hydrogens (primary N) is 1. The molecule has 3 N–H and O–H groups in total. The summed E-state index contributed by atoms with van der Waals surface area (Å²) in [7, 11) is 1.55. The summed E-state index contributed by atoms with van der Waals surface area (Å²) in [6, 6.07) is 11.0. The summed E-state index contributed by atoms with van der Waals surface area (Å²) in [6.45, 7) is 0.355. The number of rotatable bonds is 9. The van der Waals surface area contributed by atoms with Crippen molar-refractivity contribution in [1.29, 1.82) is 0 Å². The molecule has 0 spiro atoms. The van der Waals surface area contributed by atoms with E-state index in [2.05, 4.69) is 36.7 Å². The van der Waals surface area contributed by atoms with Gasteiger partial charge in [-0.2, -0.15) is 5.10 Å². The average Bonchev–Trinajstić information content (AvgIpc) is 3.17. The molecular formula is C19H17BrClN5O3S2. The second kappa shape index (κ2) is 11.3. The van der Waals surface area contributed by atoms with Crippen LogP contribution in [0.1, 0.15) is 11.1 Å². The number of thioether (sulfide) groups is 1. The predicted molar refractivity (Wildman–Crippen MR) is 127 cm³/mol. The highest BCUT2D eigenvalue weighted by Crippen LogP contribution is 2.37. The van der Waals surface area contributed by atoms with Crippen LogP contribution in [0.3, 0.4) is 0 Å². The first-order valence-corrected chi connectivity index (χ1v) is 11.7. The molecule has 3 rings (SSSR count). The maximum absolute atomic E-state index is 11.9. The fraction of sp³-hybridized carbons (Fsp3) is 0.158. The van der Waals surface area contributed by atoms with Crippen molar-refractivity contribution in [1.82, 2.24) is 15.6 Å². The number of benzene rings is 2. The number of methoxy groups -OCH3 is 1. The molecule has 0 fully saturated rings. The number of hydrogen-bond donors (Lipinski definition) is 2. The van der Waals surface area contributed by atoms with Crippen molar-refractivity contribution in [3.8, 4) is 11.5 Å². The molecule has 0 saturated heterocycles. The number of carbonyl (C=O) groups is 1. The van der Waals surface area contributed by atoms with Gasteiger partial charge in [-0.1, -0.05) is 46.8 Å². The zero-order chi connectivity index (χ0) is 22.2. The fourth-order valence-electron chi connectivity index (χ4n) is 2.31. The first kappa shape index (κ1) is 23.3. The minimum atomic E-state index is -0.274. The lowest BCUT2D eigenvalue weighted by Crippen LogP contribution is -2.19. The van der Waals surface area contributed by atoms with Gasteiger partial charge in [-0.15, -0.1) is 10.2 Å². The summed E-state index contributed by atoms with van der Waals surface area (Å²) >= 11 is 11.9. The molecule has 0 bridgehead atoms. The first-order chi connectivity index (χ1) is 14.9. The van der Waals surface area contributed by atoms with Gasteiger partial charge in [0, 0.05) is 5.02 Å².